The quantitative estimate of drug-likeness (QED) is 0.632. The Bertz CT molecular complexity index is 574. The zero-order valence-electron chi connectivity index (χ0n) is 12.2. The van der Waals surface area contributed by atoms with E-state index in [4.69, 9.17) is 25.8 Å². The van der Waals surface area contributed by atoms with Gasteiger partial charge in [0.2, 0.25) is 6.79 Å². The monoisotopic (exact) mass is 312 g/mol. The number of rotatable bonds is 4. The highest BCUT2D eigenvalue weighted by Gasteiger charge is 2.21. The van der Waals surface area contributed by atoms with Crippen LogP contribution >= 0.6 is 11.6 Å². The smallest absolute Gasteiger partial charge is 0.313 e. The second kappa shape index (κ2) is 5.93. The summed E-state index contributed by atoms with van der Waals surface area (Å²) in [6.45, 7) is 5.40. The highest BCUT2D eigenvalue weighted by Crippen LogP contribution is 2.37. The summed E-state index contributed by atoms with van der Waals surface area (Å²) in [5.74, 6) is 0.317. The van der Waals surface area contributed by atoms with E-state index in [2.05, 4.69) is 0 Å². The minimum atomic E-state index is -0.603. The number of esters is 1. The van der Waals surface area contributed by atoms with Crippen molar-refractivity contribution in [2.45, 2.75) is 39.2 Å². The Hall–Kier alpha value is -1.75. The fourth-order valence-electron chi connectivity index (χ4n) is 1.91. The summed E-state index contributed by atoms with van der Waals surface area (Å²) in [5, 5.41) is 0.414. The summed E-state index contributed by atoms with van der Waals surface area (Å²) in [7, 11) is 0. The van der Waals surface area contributed by atoms with E-state index in [1.165, 1.54) is 0 Å². The van der Waals surface area contributed by atoms with Crippen molar-refractivity contribution < 1.29 is 23.8 Å². The lowest BCUT2D eigenvalue weighted by Gasteiger charge is -2.19. The van der Waals surface area contributed by atoms with Crippen molar-refractivity contribution in [3.63, 3.8) is 0 Å². The molecule has 1 heterocycles. The molecule has 6 heteroatoms. The van der Waals surface area contributed by atoms with Gasteiger partial charge in [-0.05, 0) is 32.4 Å². The third-order valence-electron chi connectivity index (χ3n) is 2.69. The van der Waals surface area contributed by atoms with Crippen molar-refractivity contribution in [3.05, 3.63) is 22.7 Å². The number of fused-ring (bicyclic) bond motifs is 1. The molecule has 1 aliphatic rings. The predicted octanol–water partition coefficient (Wildman–Crippen LogP) is 2.91. The van der Waals surface area contributed by atoms with Gasteiger partial charge in [-0.25, -0.2) is 0 Å². The lowest BCUT2D eigenvalue weighted by atomic mass is 10.1. The molecule has 0 amide bonds. The minimum Gasteiger partial charge on any atom is -0.460 e. The third-order valence-corrected chi connectivity index (χ3v) is 3.04. The van der Waals surface area contributed by atoms with Gasteiger partial charge in [-0.15, -0.1) is 0 Å². The number of hydrogen-bond acceptors (Lipinski definition) is 5. The number of ether oxygens (including phenoxy) is 3. The number of Topliss-reactive ketones (excluding diaryl/α,β-unsaturated/α-hetero) is 1. The fraction of sp³-hybridized carbons (Fsp3) is 0.467. The van der Waals surface area contributed by atoms with Crippen molar-refractivity contribution >= 4 is 23.4 Å². The molecule has 0 aliphatic carbocycles. The summed E-state index contributed by atoms with van der Waals surface area (Å²) in [6.07, 6.45) is -0.225. The van der Waals surface area contributed by atoms with Crippen LogP contribution in [-0.4, -0.2) is 24.1 Å². The van der Waals surface area contributed by atoms with Crippen LogP contribution in [0.2, 0.25) is 5.02 Å². The summed E-state index contributed by atoms with van der Waals surface area (Å²) in [5.41, 5.74) is 0.00258. The van der Waals surface area contributed by atoms with Gasteiger partial charge >= 0.3 is 5.97 Å². The normalized spacial score (nSPS) is 13.1. The van der Waals surface area contributed by atoms with Crippen LogP contribution in [0.15, 0.2) is 12.1 Å². The molecular formula is C15H17ClO5. The Kier molecular flexibility index (Phi) is 4.42. The van der Waals surface area contributed by atoms with Gasteiger partial charge in [-0.1, -0.05) is 11.6 Å². The molecule has 114 valence electrons. The van der Waals surface area contributed by atoms with Crippen LogP contribution in [0.1, 0.15) is 32.8 Å². The van der Waals surface area contributed by atoms with Crippen molar-refractivity contribution in [2.75, 3.05) is 6.79 Å². The van der Waals surface area contributed by atoms with E-state index >= 15 is 0 Å². The maximum atomic E-state index is 11.9. The fourth-order valence-corrected chi connectivity index (χ4v) is 2.13. The second-order valence-electron chi connectivity index (χ2n) is 5.78. The first-order chi connectivity index (χ1) is 9.74. The third kappa shape index (κ3) is 4.36. The largest absolute Gasteiger partial charge is 0.460 e. The van der Waals surface area contributed by atoms with E-state index in [1.54, 1.807) is 32.9 Å². The van der Waals surface area contributed by atoms with Gasteiger partial charge in [0, 0.05) is 17.5 Å². The first-order valence-corrected chi connectivity index (χ1v) is 6.94. The molecule has 2 rings (SSSR count). The molecule has 1 aromatic carbocycles. The lowest BCUT2D eigenvalue weighted by Crippen LogP contribution is -2.25. The molecule has 1 aromatic rings. The van der Waals surface area contributed by atoms with Crippen LogP contribution < -0.4 is 9.47 Å². The van der Waals surface area contributed by atoms with E-state index < -0.39 is 11.6 Å². The van der Waals surface area contributed by atoms with E-state index in [-0.39, 0.29) is 25.4 Å². The molecule has 0 spiro atoms. The molecule has 0 fully saturated rings. The molecule has 1 aliphatic heterocycles. The maximum absolute atomic E-state index is 11.9. The van der Waals surface area contributed by atoms with Gasteiger partial charge in [0.15, 0.2) is 11.5 Å². The van der Waals surface area contributed by atoms with Crippen molar-refractivity contribution in [2.24, 2.45) is 0 Å². The van der Waals surface area contributed by atoms with Gasteiger partial charge in [-0.2, -0.15) is 0 Å². The number of ketones is 1. The molecule has 0 N–H and O–H groups in total. The van der Waals surface area contributed by atoms with Gasteiger partial charge in [0.1, 0.15) is 17.8 Å². The molecule has 0 unspecified atom stereocenters. The molecule has 21 heavy (non-hydrogen) atoms. The van der Waals surface area contributed by atoms with E-state index in [9.17, 15) is 9.59 Å². The molecule has 0 radical (unpaired) electrons. The van der Waals surface area contributed by atoms with Crippen molar-refractivity contribution in [1.29, 1.82) is 0 Å². The number of benzene rings is 1. The topological polar surface area (TPSA) is 61.8 Å². The first-order valence-electron chi connectivity index (χ1n) is 6.56. The molecule has 0 saturated carbocycles. The number of carbonyl (C=O) groups excluding carboxylic acids is 2. The average Bonchev–Trinajstić information content (AvgIpc) is 2.73. The van der Waals surface area contributed by atoms with Crippen LogP contribution in [0.25, 0.3) is 0 Å². The molecule has 0 aromatic heterocycles. The molecule has 0 bridgehead atoms. The zero-order valence-corrected chi connectivity index (χ0v) is 13.0. The SMILES string of the molecule is CC(C)(C)OC(=O)CC(=O)Cc1cc2c(cc1Cl)OCO2. The van der Waals surface area contributed by atoms with Gasteiger partial charge in [0.05, 0.1) is 0 Å². The molecule has 5 nitrogen and oxygen atoms in total. The summed E-state index contributed by atoms with van der Waals surface area (Å²) < 4.78 is 15.5. The van der Waals surface area contributed by atoms with E-state index in [1.807, 2.05) is 0 Å². The van der Waals surface area contributed by atoms with Crippen LogP contribution in [0.3, 0.4) is 0 Å². The first kappa shape index (κ1) is 15.6. The highest BCUT2D eigenvalue weighted by atomic mass is 35.5. The standard InChI is InChI=1S/C15H17ClO5/c1-15(2,3)21-14(18)6-10(17)4-9-5-12-13(7-11(9)16)20-8-19-12/h5,7H,4,6,8H2,1-3H3. The van der Waals surface area contributed by atoms with E-state index in [0.717, 1.165) is 0 Å². The van der Waals surface area contributed by atoms with Crippen LogP contribution in [0.4, 0.5) is 0 Å². The Balaban J connectivity index is 1.99. The Labute approximate surface area is 128 Å². The van der Waals surface area contributed by atoms with Gasteiger partial charge in [-0.3, -0.25) is 9.59 Å². The zero-order chi connectivity index (χ0) is 15.6. The highest BCUT2D eigenvalue weighted by molar-refractivity contribution is 6.31. The second-order valence-corrected chi connectivity index (χ2v) is 6.18. The van der Waals surface area contributed by atoms with Gasteiger partial charge < -0.3 is 14.2 Å². The predicted molar refractivity (Wildman–Crippen MR) is 76.7 cm³/mol. The number of halogens is 1. The minimum absolute atomic E-state index is 0.0503. The van der Waals surface area contributed by atoms with Gasteiger partial charge in [0.25, 0.3) is 0 Å². The summed E-state index contributed by atoms with van der Waals surface area (Å²) in [6, 6.07) is 3.28. The average molecular weight is 313 g/mol. The molecule has 0 saturated heterocycles. The molecular weight excluding hydrogens is 296 g/mol. The molecule has 0 atom stereocenters. The maximum Gasteiger partial charge on any atom is 0.313 e. The van der Waals surface area contributed by atoms with Crippen LogP contribution in [-0.2, 0) is 20.7 Å². The van der Waals surface area contributed by atoms with Crippen molar-refractivity contribution in [3.8, 4) is 11.5 Å². The number of hydrogen-bond donors (Lipinski definition) is 0. The van der Waals surface area contributed by atoms with Crippen LogP contribution in [0.5, 0.6) is 11.5 Å². The van der Waals surface area contributed by atoms with E-state index in [0.29, 0.717) is 22.1 Å². The summed E-state index contributed by atoms with van der Waals surface area (Å²) in [4.78, 5) is 23.5. The Morgan fingerprint density at radius 3 is 2.48 bits per heavy atom. The lowest BCUT2D eigenvalue weighted by molar-refractivity contribution is -0.156. The Morgan fingerprint density at radius 1 is 1.24 bits per heavy atom. The summed E-state index contributed by atoms with van der Waals surface area (Å²) >= 11 is 6.09. The number of carbonyl (C=O) groups is 2. The Morgan fingerprint density at radius 2 is 1.86 bits per heavy atom. The van der Waals surface area contributed by atoms with Crippen molar-refractivity contribution in [1.82, 2.24) is 0 Å². The van der Waals surface area contributed by atoms with Crippen LogP contribution in [0, 0.1) is 0 Å².